The third-order valence-corrected chi connectivity index (χ3v) is 3.92. The number of aryl methyl sites for hydroxylation is 1. The maximum absolute atomic E-state index is 11.6. The quantitative estimate of drug-likeness (QED) is 0.739. The number of thiophene rings is 1. The highest BCUT2D eigenvalue weighted by Gasteiger charge is 2.27. The molecule has 0 spiro atoms. The van der Waals surface area contributed by atoms with E-state index < -0.39 is 0 Å². The maximum atomic E-state index is 11.6. The minimum atomic E-state index is -0.0972. The van der Waals surface area contributed by atoms with Crippen LogP contribution in [0, 0.1) is 17.2 Å². The van der Waals surface area contributed by atoms with Crippen molar-refractivity contribution in [1.29, 1.82) is 5.26 Å². The molecule has 1 unspecified atom stereocenters. The van der Waals surface area contributed by atoms with Crippen LogP contribution < -0.4 is 0 Å². The van der Waals surface area contributed by atoms with Crippen molar-refractivity contribution in [3.05, 3.63) is 21.4 Å². The molecule has 0 fully saturated rings. The maximum Gasteiger partial charge on any atom is 0.309 e. The normalized spacial score (nSPS) is 18.6. The average molecular weight is 235 g/mol. The van der Waals surface area contributed by atoms with Gasteiger partial charge in [-0.1, -0.05) is 0 Å². The molecule has 3 nitrogen and oxygen atoms in total. The second kappa shape index (κ2) is 4.67. The number of nitriles is 1. The summed E-state index contributed by atoms with van der Waals surface area (Å²) in [6.07, 6.45) is 2.46. The van der Waals surface area contributed by atoms with Crippen LogP contribution in [0.2, 0.25) is 0 Å². The van der Waals surface area contributed by atoms with E-state index >= 15 is 0 Å². The average Bonchev–Trinajstić information content (AvgIpc) is 2.70. The van der Waals surface area contributed by atoms with Crippen molar-refractivity contribution >= 4 is 17.3 Å². The van der Waals surface area contributed by atoms with Crippen LogP contribution in [0.25, 0.3) is 0 Å². The summed E-state index contributed by atoms with van der Waals surface area (Å²) in [5.74, 6) is -0.113. The molecule has 0 aliphatic heterocycles. The van der Waals surface area contributed by atoms with Gasteiger partial charge < -0.3 is 4.74 Å². The van der Waals surface area contributed by atoms with Crippen molar-refractivity contribution in [3.8, 4) is 6.07 Å². The van der Waals surface area contributed by atoms with E-state index in [1.54, 1.807) is 0 Å². The monoisotopic (exact) mass is 235 g/mol. The third-order valence-electron chi connectivity index (χ3n) is 2.82. The summed E-state index contributed by atoms with van der Waals surface area (Å²) in [4.78, 5) is 13.5. The Labute approximate surface area is 98.7 Å². The summed E-state index contributed by atoms with van der Waals surface area (Å²) in [6, 6.07) is 4.10. The summed E-state index contributed by atoms with van der Waals surface area (Å²) in [6.45, 7) is 2.27. The smallest absolute Gasteiger partial charge is 0.309 e. The molecule has 2 rings (SSSR count). The number of esters is 1. The molecular formula is C12H13NO2S. The van der Waals surface area contributed by atoms with E-state index in [-0.39, 0.29) is 11.9 Å². The van der Waals surface area contributed by atoms with Gasteiger partial charge >= 0.3 is 5.97 Å². The van der Waals surface area contributed by atoms with E-state index in [4.69, 9.17) is 10.00 Å². The van der Waals surface area contributed by atoms with E-state index in [0.717, 1.165) is 24.1 Å². The molecule has 1 aliphatic carbocycles. The second-order valence-electron chi connectivity index (χ2n) is 3.86. The molecule has 84 valence electrons. The predicted molar refractivity (Wildman–Crippen MR) is 61.2 cm³/mol. The lowest BCUT2D eigenvalue weighted by molar-refractivity contribution is -0.148. The number of rotatable bonds is 2. The van der Waals surface area contributed by atoms with Crippen LogP contribution in [0.3, 0.4) is 0 Å². The van der Waals surface area contributed by atoms with E-state index in [1.807, 2.05) is 13.0 Å². The minimum Gasteiger partial charge on any atom is -0.466 e. The Morgan fingerprint density at radius 1 is 1.75 bits per heavy atom. The molecule has 0 aromatic carbocycles. The zero-order chi connectivity index (χ0) is 11.5. The molecule has 1 heterocycles. The van der Waals surface area contributed by atoms with Crippen molar-refractivity contribution in [3.63, 3.8) is 0 Å². The molecule has 0 N–H and O–H groups in total. The Bertz CT molecular complexity index is 444. The summed E-state index contributed by atoms with van der Waals surface area (Å²) < 4.78 is 5.03. The molecule has 0 amide bonds. The zero-order valence-corrected chi connectivity index (χ0v) is 9.97. The minimum absolute atomic E-state index is 0.0161. The molecule has 1 atom stereocenters. The van der Waals surface area contributed by atoms with E-state index in [1.165, 1.54) is 21.8 Å². The number of carbonyl (C=O) groups excluding carboxylic acids is 1. The number of fused-ring (bicyclic) bond motifs is 1. The Kier molecular flexibility index (Phi) is 3.25. The number of hydrogen-bond donors (Lipinski definition) is 0. The SMILES string of the molecule is CCOC(=O)C1CCc2cc(C#N)sc2C1. The van der Waals surface area contributed by atoms with Crippen LogP contribution in [0.5, 0.6) is 0 Å². The fourth-order valence-corrected chi connectivity index (χ4v) is 3.11. The Morgan fingerprint density at radius 2 is 2.56 bits per heavy atom. The van der Waals surface area contributed by atoms with Gasteiger partial charge in [-0.3, -0.25) is 4.79 Å². The van der Waals surface area contributed by atoms with Gasteiger partial charge in [0.05, 0.1) is 12.5 Å². The van der Waals surface area contributed by atoms with Crippen LogP contribution in [-0.4, -0.2) is 12.6 Å². The summed E-state index contributed by atoms with van der Waals surface area (Å²) >= 11 is 1.51. The number of ether oxygens (including phenoxy) is 1. The first-order valence-electron chi connectivity index (χ1n) is 5.43. The first kappa shape index (κ1) is 11.2. The summed E-state index contributed by atoms with van der Waals surface area (Å²) in [7, 11) is 0. The molecule has 1 aliphatic rings. The molecule has 0 saturated carbocycles. The van der Waals surface area contributed by atoms with Gasteiger partial charge in [-0.05, 0) is 37.8 Å². The number of nitrogens with zero attached hydrogens (tertiary/aromatic N) is 1. The highest BCUT2D eigenvalue weighted by atomic mass is 32.1. The zero-order valence-electron chi connectivity index (χ0n) is 9.16. The van der Waals surface area contributed by atoms with Gasteiger partial charge in [0.15, 0.2) is 0 Å². The van der Waals surface area contributed by atoms with E-state index in [0.29, 0.717) is 6.61 Å². The van der Waals surface area contributed by atoms with Crippen LogP contribution in [0.1, 0.15) is 28.7 Å². The molecule has 16 heavy (non-hydrogen) atoms. The summed E-state index contributed by atoms with van der Waals surface area (Å²) in [5.41, 5.74) is 1.24. The van der Waals surface area contributed by atoms with Gasteiger partial charge in [0.25, 0.3) is 0 Å². The van der Waals surface area contributed by atoms with Crippen molar-refractivity contribution in [1.82, 2.24) is 0 Å². The van der Waals surface area contributed by atoms with Gasteiger partial charge in [0.2, 0.25) is 0 Å². The first-order valence-corrected chi connectivity index (χ1v) is 6.24. The molecular weight excluding hydrogens is 222 g/mol. The Morgan fingerprint density at radius 3 is 3.25 bits per heavy atom. The van der Waals surface area contributed by atoms with Gasteiger partial charge in [0.1, 0.15) is 10.9 Å². The Hall–Kier alpha value is -1.34. The topological polar surface area (TPSA) is 50.1 Å². The van der Waals surface area contributed by atoms with E-state index in [2.05, 4.69) is 6.07 Å². The lowest BCUT2D eigenvalue weighted by atomic mass is 9.89. The van der Waals surface area contributed by atoms with E-state index in [9.17, 15) is 4.79 Å². The van der Waals surface area contributed by atoms with Gasteiger partial charge in [-0.15, -0.1) is 11.3 Å². The third kappa shape index (κ3) is 2.10. The molecule has 0 saturated heterocycles. The van der Waals surface area contributed by atoms with Crippen molar-refractivity contribution in [2.24, 2.45) is 5.92 Å². The standard InChI is InChI=1S/C12H13NO2S/c1-2-15-12(14)9-4-3-8-5-10(7-13)16-11(8)6-9/h5,9H,2-4,6H2,1H3. The van der Waals surface area contributed by atoms with Crippen LogP contribution in [-0.2, 0) is 22.4 Å². The molecule has 1 aromatic heterocycles. The predicted octanol–water partition coefficient (Wildman–Crippen LogP) is 2.29. The van der Waals surface area contributed by atoms with Crippen LogP contribution in [0.15, 0.2) is 6.07 Å². The van der Waals surface area contributed by atoms with Crippen LogP contribution in [0.4, 0.5) is 0 Å². The largest absolute Gasteiger partial charge is 0.466 e. The first-order chi connectivity index (χ1) is 7.74. The van der Waals surface area contributed by atoms with Gasteiger partial charge in [-0.25, -0.2) is 0 Å². The van der Waals surface area contributed by atoms with Crippen molar-refractivity contribution in [2.45, 2.75) is 26.2 Å². The van der Waals surface area contributed by atoms with Gasteiger partial charge in [-0.2, -0.15) is 5.26 Å². The Balaban J connectivity index is 2.11. The lowest BCUT2D eigenvalue weighted by Crippen LogP contribution is -2.23. The molecule has 1 aromatic rings. The van der Waals surface area contributed by atoms with Crippen LogP contribution >= 0.6 is 11.3 Å². The summed E-state index contributed by atoms with van der Waals surface area (Å²) in [5, 5.41) is 8.81. The molecule has 0 radical (unpaired) electrons. The van der Waals surface area contributed by atoms with Crippen molar-refractivity contribution < 1.29 is 9.53 Å². The fraction of sp³-hybridized carbons (Fsp3) is 0.500. The molecule has 0 bridgehead atoms. The van der Waals surface area contributed by atoms with Gasteiger partial charge in [0, 0.05) is 4.88 Å². The number of carbonyl (C=O) groups is 1. The highest BCUT2D eigenvalue weighted by Crippen LogP contribution is 2.32. The fourth-order valence-electron chi connectivity index (χ4n) is 2.02. The second-order valence-corrected chi connectivity index (χ2v) is 5.00. The van der Waals surface area contributed by atoms with Crippen molar-refractivity contribution in [2.75, 3.05) is 6.61 Å². The lowest BCUT2D eigenvalue weighted by Gasteiger charge is -2.19. The number of hydrogen-bond acceptors (Lipinski definition) is 4. The molecule has 4 heteroatoms. The highest BCUT2D eigenvalue weighted by molar-refractivity contribution is 7.12.